The number of nitrogens with zero attached hydrogens (tertiary/aromatic N) is 2. The monoisotopic (exact) mass is 402 g/mol. The van der Waals surface area contributed by atoms with E-state index in [9.17, 15) is 17.6 Å². The molecule has 148 valence electrons. The molecule has 5 nitrogen and oxygen atoms in total. The van der Waals surface area contributed by atoms with Crippen LogP contribution in [0.15, 0.2) is 59.5 Å². The average Bonchev–Trinajstić information content (AvgIpc) is 3.39. The van der Waals surface area contributed by atoms with Gasteiger partial charge in [-0.25, -0.2) is 12.8 Å². The summed E-state index contributed by atoms with van der Waals surface area (Å²) in [5.74, 6) is -0.864. The standard InChI is InChI=1S/C21H23FN2O3S/c22-19-12-5-4-11-18(19)21(20(25)23-14-6-7-15-23)13-8-16-24(21)28(26,27)17-9-2-1-3-10-17/h1-5,9-12H,6-8,13-16H2. The molecule has 2 fully saturated rings. The predicted molar refractivity (Wildman–Crippen MR) is 103 cm³/mol. The highest BCUT2D eigenvalue weighted by atomic mass is 32.2. The van der Waals surface area contributed by atoms with Crippen LogP contribution < -0.4 is 0 Å². The normalized spacial score (nSPS) is 23.2. The van der Waals surface area contributed by atoms with Gasteiger partial charge in [0.1, 0.15) is 11.4 Å². The van der Waals surface area contributed by atoms with Crippen molar-refractivity contribution in [3.8, 4) is 0 Å². The molecule has 1 atom stereocenters. The number of halogens is 1. The van der Waals surface area contributed by atoms with Gasteiger partial charge in [0.05, 0.1) is 4.90 Å². The van der Waals surface area contributed by atoms with Gasteiger partial charge in [0, 0.05) is 25.2 Å². The number of hydrogen-bond acceptors (Lipinski definition) is 3. The molecule has 0 N–H and O–H groups in total. The van der Waals surface area contributed by atoms with Crippen LogP contribution in [0.25, 0.3) is 0 Å². The molecule has 2 saturated heterocycles. The number of rotatable bonds is 4. The van der Waals surface area contributed by atoms with Gasteiger partial charge < -0.3 is 4.90 Å². The van der Waals surface area contributed by atoms with Gasteiger partial charge in [0.15, 0.2) is 0 Å². The third-order valence-corrected chi connectivity index (χ3v) is 7.67. The smallest absolute Gasteiger partial charge is 0.248 e. The van der Waals surface area contributed by atoms with Crippen molar-refractivity contribution in [2.75, 3.05) is 19.6 Å². The first kappa shape index (κ1) is 19.1. The fraction of sp³-hybridized carbons (Fsp3) is 0.381. The molecule has 4 rings (SSSR count). The lowest BCUT2D eigenvalue weighted by Gasteiger charge is -2.39. The molecule has 2 heterocycles. The fourth-order valence-electron chi connectivity index (χ4n) is 4.42. The van der Waals surface area contributed by atoms with Crippen LogP contribution in [0.1, 0.15) is 31.2 Å². The number of carbonyl (C=O) groups is 1. The van der Waals surface area contributed by atoms with Crippen LogP contribution >= 0.6 is 0 Å². The maximum atomic E-state index is 14.9. The quantitative estimate of drug-likeness (QED) is 0.790. The van der Waals surface area contributed by atoms with Crippen molar-refractivity contribution in [1.82, 2.24) is 9.21 Å². The molecule has 0 aromatic heterocycles. The molecule has 1 unspecified atom stereocenters. The van der Waals surface area contributed by atoms with Crippen molar-refractivity contribution < 1.29 is 17.6 Å². The summed E-state index contributed by atoms with van der Waals surface area (Å²) in [4.78, 5) is 15.5. The SMILES string of the molecule is O=C(N1CCCC1)C1(c2ccccc2F)CCCN1S(=O)(=O)c1ccccc1. The zero-order valence-corrected chi connectivity index (χ0v) is 16.4. The van der Waals surface area contributed by atoms with Crippen molar-refractivity contribution in [3.63, 3.8) is 0 Å². The Kier molecular flexibility index (Phi) is 4.97. The minimum atomic E-state index is -3.97. The Morgan fingerprint density at radius 2 is 1.54 bits per heavy atom. The second kappa shape index (κ2) is 7.29. The number of likely N-dealkylation sites (tertiary alicyclic amines) is 1. The Morgan fingerprint density at radius 3 is 2.21 bits per heavy atom. The molecule has 1 amide bonds. The van der Waals surface area contributed by atoms with E-state index < -0.39 is 21.4 Å². The minimum Gasteiger partial charge on any atom is -0.341 e. The van der Waals surface area contributed by atoms with Crippen molar-refractivity contribution in [3.05, 3.63) is 66.0 Å². The number of sulfonamides is 1. The summed E-state index contributed by atoms with van der Waals surface area (Å²) in [6.45, 7) is 1.34. The van der Waals surface area contributed by atoms with E-state index in [1.807, 2.05) is 0 Å². The van der Waals surface area contributed by atoms with Crippen LogP contribution in [-0.4, -0.2) is 43.2 Å². The van der Waals surface area contributed by atoms with Crippen LogP contribution in [0.2, 0.25) is 0 Å². The first-order valence-corrected chi connectivity index (χ1v) is 11.0. The molecule has 2 aromatic carbocycles. The summed E-state index contributed by atoms with van der Waals surface area (Å²) < 4.78 is 43.1. The van der Waals surface area contributed by atoms with E-state index in [4.69, 9.17) is 0 Å². The van der Waals surface area contributed by atoms with Gasteiger partial charge in [-0.05, 0) is 43.9 Å². The lowest BCUT2D eigenvalue weighted by atomic mass is 9.86. The van der Waals surface area contributed by atoms with Crippen molar-refractivity contribution in [2.24, 2.45) is 0 Å². The van der Waals surface area contributed by atoms with Gasteiger partial charge in [-0.1, -0.05) is 36.4 Å². The van der Waals surface area contributed by atoms with Crippen molar-refractivity contribution in [1.29, 1.82) is 0 Å². The van der Waals surface area contributed by atoms with E-state index in [1.165, 1.54) is 22.5 Å². The Balaban J connectivity index is 1.90. The predicted octanol–water partition coefficient (Wildman–Crippen LogP) is 3.13. The van der Waals surface area contributed by atoms with E-state index in [2.05, 4.69) is 0 Å². The van der Waals surface area contributed by atoms with Gasteiger partial charge >= 0.3 is 0 Å². The first-order valence-electron chi connectivity index (χ1n) is 9.60. The lowest BCUT2D eigenvalue weighted by Crippen LogP contribution is -2.55. The van der Waals surface area contributed by atoms with Gasteiger partial charge in [-0.2, -0.15) is 4.31 Å². The molecular weight excluding hydrogens is 379 g/mol. The maximum absolute atomic E-state index is 14.9. The summed E-state index contributed by atoms with van der Waals surface area (Å²) >= 11 is 0. The maximum Gasteiger partial charge on any atom is 0.248 e. The Bertz CT molecular complexity index is 974. The Morgan fingerprint density at radius 1 is 0.893 bits per heavy atom. The minimum absolute atomic E-state index is 0.117. The molecule has 2 aliphatic heterocycles. The summed E-state index contributed by atoms with van der Waals surface area (Å²) in [5.41, 5.74) is -1.39. The average molecular weight is 402 g/mol. The molecule has 0 spiro atoms. The molecule has 2 aliphatic rings. The molecule has 0 aliphatic carbocycles. The van der Waals surface area contributed by atoms with Gasteiger partial charge in [0.25, 0.3) is 0 Å². The lowest BCUT2D eigenvalue weighted by molar-refractivity contribution is -0.140. The molecule has 28 heavy (non-hydrogen) atoms. The van der Waals surface area contributed by atoms with E-state index in [0.717, 1.165) is 12.8 Å². The van der Waals surface area contributed by atoms with Crippen molar-refractivity contribution >= 4 is 15.9 Å². The van der Waals surface area contributed by atoms with Gasteiger partial charge in [0.2, 0.25) is 15.9 Å². The third kappa shape index (κ3) is 2.93. The summed E-state index contributed by atoms with van der Waals surface area (Å²) in [6.07, 6.45) is 2.53. The zero-order chi connectivity index (χ0) is 19.8. The summed E-state index contributed by atoms with van der Waals surface area (Å²) in [7, 11) is -3.97. The van der Waals surface area contributed by atoms with E-state index >= 15 is 0 Å². The number of amides is 1. The zero-order valence-electron chi connectivity index (χ0n) is 15.6. The van der Waals surface area contributed by atoms with E-state index in [0.29, 0.717) is 19.5 Å². The van der Waals surface area contributed by atoms with Crippen LogP contribution in [0, 0.1) is 5.82 Å². The Labute approximate surface area is 164 Å². The largest absolute Gasteiger partial charge is 0.341 e. The Hall–Kier alpha value is -2.25. The van der Waals surface area contributed by atoms with Gasteiger partial charge in [-0.3, -0.25) is 4.79 Å². The second-order valence-electron chi connectivity index (χ2n) is 7.33. The van der Waals surface area contributed by atoms with Crippen LogP contribution in [0.3, 0.4) is 0 Å². The van der Waals surface area contributed by atoms with Gasteiger partial charge in [-0.15, -0.1) is 0 Å². The van der Waals surface area contributed by atoms with Crippen LogP contribution in [-0.2, 0) is 20.4 Å². The topological polar surface area (TPSA) is 57.7 Å². The van der Waals surface area contributed by atoms with Crippen LogP contribution in [0.5, 0.6) is 0 Å². The van der Waals surface area contributed by atoms with E-state index in [1.54, 1.807) is 41.3 Å². The molecule has 0 saturated carbocycles. The molecule has 0 bridgehead atoms. The highest BCUT2D eigenvalue weighted by Gasteiger charge is 2.56. The van der Waals surface area contributed by atoms with Crippen molar-refractivity contribution in [2.45, 2.75) is 36.1 Å². The molecule has 7 heteroatoms. The highest BCUT2D eigenvalue weighted by molar-refractivity contribution is 7.89. The molecule has 0 radical (unpaired) electrons. The summed E-state index contributed by atoms with van der Waals surface area (Å²) in [6, 6.07) is 14.1. The number of carbonyl (C=O) groups excluding carboxylic acids is 1. The second-order valence-corrected chi connectivity index (χ2v) is 9.20. The fourth-order valence-corrected chi connectivity index (χ4v) is 6.22. The van der Waals surface area contributed by atoms with Crippen LogP contribution in [0.4, 0.5) is 4.39 Å². The number of hydrogen-bond donors (Lipinski definition) is 0. The number of benzene rings is 2. The molecule has 2 aromatic rings. The van der Waals surface area contributed by atoms with E-state index in [-0.39, 0.29) is 29.3 Å². The highest BCUT2D eigenvalue weighted by Crippen LogP contribution is 2.45. The third-order valence-electron chi connectivity index (χ3n) is 5.72. The molecular formula is C21H23FN2O3S. The first-order chi connectivity index (χ1) is 13.5. The summed E-state index contributed by atoms with van der Waals surface area (Å²) in [5, 5.41) is 0.